The lowest BCUT2D eigenvalue weighted by Crippen LogP contribution is -2.39. The molecule has 1 saturated heterocycles. The van der Waals surface area contributed by atoms with Crippen molar-refractivity contribution in [1.29, 1.82) is 0 Å². The standard InChI is InChI=1S/C16H21N3O2S/c1-2-5-14-17-16(21-18-14)12-6-3-8-19(11-12)15(20)10-13-7-4-9-22-13/h4,7,9,12H,2-3,5-6,8,10-11H2,1H3/t12-/m0/s1. The van der Waals surface area contributed by atoms with E-state index in [0.29, 0.717) is 18.9 Å². The number of likely N-dealkylation sites (tertiary alicyclic amines) is 1. The van der Waals surface area contributed by atoms with Gasteiger partial charge in [-0.05, 0) is 30.7 Å². The van der Waals surface area contributed by atoms with Crippen molar-refractivity contribution in [3.8, 4) is 0 Å². The van der Waals surface area contributed by atoms with Gasteiger partial charge >= 0.3 is 0 Å². The number of rotatable bonds is 5. The summed E-state index contributed by atoms with van der Waals surface area (Å²) >= 11 is 1.63. The van der Waals surface area contributed by atoms with Crippen LogP contribution in [0.1, 0.15) is 48.7 Å². The highest BCUT2D eigenvalue weighted by molar-refractivity contribution is 7.10. The molecule has 1 fully saturated rings. The van der Waals surface area contributed by atoms with Crippen LogP contribution < -0.4 is 0 Å². The molecule has 0 aromatic carbocycles. The zero-order chi connectivity index (χ0) is 15.4. The average molecular weight is 319 g/mol. The molecule has 0 saturated carbocycles. The SMILES string of the molecule is CCCc1noc([C@H]2CCCN(C(=O)Cc3cccs3)C2)n1. The van der Waals surface area contributed by atoms with Gasteiger partial charge in [0, 0.05) is 24.4 Å². The van der Waals surface area contributed by atoms with Crippen molar-refractivity contribution >= 4 is 17.2 Å². The van der Waals surface area contributed by atoms with Crippen LogP contribution in [0, 0.1) is 0 Å². The van der Waals surface area contributed by atoms with E-state index in [-0.39, 0.29) is 11.8 Å². The number of aryl methyl sites for hydroxylation is 1. The van der Waals surface area contributed by atoms with Crippen molar-refractivity contribution < 1.29 is 9.32 Å². The predicted octanol–water partition coefficient (Wildman–Crippen LogP) is 3.03. The lowest BCUT2D eigenvalue weighted by atomic mass is 9.97. The summed E-state index contributed by atoms with van der Waals surface area (Å²) in [5.74, 6) is 1.84. The van der Waals surface area contributed by atoms with Crippen LogP contribution in [-0.4, -0.2) is 34.0 Å². The summed E-state index contributed by atoms with van der Waals surface area (Å²) in [4.78, 5) is 20.0. The predicted molar refractivity (Wildman–Crippen MR) is 84.9 cm³/mol. The second-order valence-electron chi connectivity index (χ2n) is 5.73. The summed E-state index contributed by atoms with van der Waals surface area (Å²) in [5.41, 5.74) is 0. The molecule has 3 rings (SSSR count). The highest BCUT2D eigenvalue weighted by Gasteiger charge is 2.28. The molecule has 22 heavy (non-hydrogen) atoms. The Labute approximate surface area is 134 Å². The van der Waals surface area contributed by atoms with Crippen molar-refractivity contribution in [3.05, 3.63) is 34.1 Å². The number of thiophene rings is 1. The van der Waals surface area contributed by atoms with Gasteiger partial charge in [0.1, 0.15) is 0 Å². The largest absolute Gasteiger partial charge is 0.342 e. The van der Waals surface area contributed by atoms with Crippen LogP contribution in [0.3, 0.4) is 0 Å². The van der Waals surface area contributed by atoms with Gasteiger partial charge in [0.25, 0.3) is 0 Å². The lowest BCUT2D eigenvalue weighted by molar-refractivity contribution is -0.131. The van der Waals surface area contributed by atoms with E-state index in [1.165, 1.54) is 0 Å². The first-order valence-corrected chi connectivity index (χ1v) is 8.77. The molecule has 1 amide bonds. The molecule has 6 heteroatoms. The molecule has 118 valence electrons. The molecule has 5 nitrogen and oxygen atoms in total. The third-order valence-electron chi connectivity index (χ3n) is 3.99. The highest BCUT2D eigenvalue weighted by Crippen LogP contribution is 2.26. The fourth-order valence-corrected chi connectivity index (χ4v) is 3.53. The Hall–Kier alpha value is -1.69. The first kappa shape index (κ1) is 15.2. The zero-order valence-corrected chi connectivity index (χ0v) is 13.6. The number of piperidine rings is 1. The fourth-order valence-electron chi connectivity index (χ4n) is 2.84. The molecular formula is C16H21N3O2S. The topological polar surface area (TPSA) is 59.2 Å². The van der Waals surface area contributed by atoms with Crippen molar-refractivity contribution in [2.24, 2.45) is 0 Å². The van der Waals surface area contributed by atoms with Crippen molar-refractivity contribution in [2.45, 2.75) is 44.9 Å². The van der Waals surface area contributed by atoms with Crippen LogP contribution in [0.4, 0.5) is 0 Å². The average Bonchev–Trinajstić information content (AvgIpc) is 3.19. The number of hydrogen-bond acceptors (Lipinski definition) is 5. The number of amides is 1. The number of aromatic nitrogens is 2. The van der Waals surface area contributed by atoms with Gasteiger partial charge in [0.15, 0.2) is 5.82 Å². The Morgan fingerprint density at radius 3 is 3.23 bits per heavy atom. The van der Waals surface area contributed by atoms with Gasteiger partial charge in [-0.15, -0.1) is 11.3 Å². The molecule has 1 atom stereocenters. The Morgan fingerprint density at radius 1 is 1.55 bits per heavy atom. The molecule has 2 aromatic heterocycles. The second kappa shape index (κ2) is 7.05. The van der Waals surface area contributed by atoms with Gasteiger partial charge in [-0.3, -0.25) is 4.79 Å². The Balaban J connectivity index is 1.61. The third-order valence-corrected chi connectivity index (χ3v) is 4.86. The molecule has 0 unspecified atom stereocenters. The quantitative estimate of drug-likeness (QED) is 0.850. The Bertz CT molecular complexity index is 609. The van der Waals surface area contributed by atoms with E-state index < -0.39 is 0 Å². The monoisotopic (exact) mass is 319 g/mol. The molecule has 0 radical (unpaired) electrons. The van der Waals surface area contributed by atoms with Gasteiger partial charge in [-0.1, -0.05) is 18.1 Å². The minimum absolute atomic E-state index is 0.180. The van der Waals surface area contributed by atoms with Crippen molar-refractivity contribution in [1.82, 2.24) is 15.0 Å². The van der Waals surface area contributed by atoms with E-state index in [0.717, 1.165) is 42.9 Å². The third kappa shape index (κ3) is 3.55. The van der Waals surface area contributed by atoms with E-state index in [9.17, 15) is 4.79 Å². The van der Waals surface area contributed by atoms with Crippen molar-refractivity contribution in [2.75, 3.05) is 13.1 Å². The van der Waals surface area contributed by atoms with Crippen LogP contribution in [0.15, 0.2) is 22.0 Å². The maximum Gasteiger partial charge on any atom is 0.231 e. The molecule has 0 spiro atoms. The molecule has 1 aliphatic heterocycles. The lowest BCUT2D eigenvalue weighted by Gasteiger charge is -2.31. The second-order valence-corrected chi connectivity index (χ2v) is 6.77. The molecule has 0 N–H and O–H groups in total. The van der Waals surface area contributed by atoms with Crippen LogP contribution in [0.2, 0.25) is 0 Å². The van der Waals surface area contributed by atoms with E-state index in [1.807, 2.05) is 22.4 Å². The summed E-state index contributed by atoms with van der Waals surface area (Å²) < 4.78 is 5.39. The fraction of sp³-hybridized carbons (Fsp3) is 0.562. The smallest absolute Gasteiger partial charge is 0.231 e. The molecule has 3 heterocycles. The Kier molecular flexibility index (Phi) is 4.87. The maximum absolute atomic E-state index is 12.4. The van der Waals surface area contributed by atoms with Crippen molar-refractivity contribution in [3.63, 3.8) is 0 Å². The molecule has 0 aliphatic carbocycles. The van der Waals surface area contributed by atoms with E-state index >= 15 is 0 Å². The number of carbonyl (C=O) groups is 1. The summed E-state index contributed by atoms with van der Waals surface area (Å²) in [7, 11) is 0. The summed E-state index contributed by atoms with van der Waals surface area (Å²) in [5, 5.41) is 6.03. The molecule has 1 aliphatic rings. The van der Waals surface area contributed by atoms with Crippen LogP contribution in [0.5, 0.6) is 0 Å². The molecular weight excluding hydrogens is 298 g/mol. The van der Waals surface area contributed by atoms with Crippen LogP contribution in [0.25, 0.3) is 0 Å². The minimum Gasteiger partial charge on any atom is -0.342 e. The summed E-state index contributed by atoms with van der Waals surface area (Å²) in [6, 6.07) is 4.00. The maximum atomic E-state index is 12.4. The number of carbonyl (C=O) groups excluding carboxylic acids is 1. The van der Waals surface area contributed by atoms with Gasteiger partial charge in [0.2, 0.25) is 11.8 Å². The molecule has 2 aromatic rings. The number of nitrogens with zero attached hydrogens (tertiary/aromatic N) is 3. The van der Waals surface area contributed by atoms with Crippen LogP contribution in [-0.2, 0) is 17.6 Å². The Morgan fingerprint density at radius 2 is 2.45 bits per heavy atom. The van der Waals surface area contributed by atoms with Gasteiger partial charge in [-0.25, -0.2) is 0 Å². The van der Waals surface area contributed by atoms with Gasteiger partial charge in [-0.2, -0.15) is 4.98 Å². The summed E-state index contributed by atoms with van der Waals surface area (Å²) in [6.07, 6.45) is 4.35. The first-order valence-electron chi connectivity index (χ1n) is 7.89. The summed E-state index contributed by atoms with van der Waals surface area (Å²) in [6.45, 7) is 3.62. The van der Waals surface area contributed by atoms with Gasteiger partial charge in [0.05, 0.1) is 12.3 Å². The zero-order valence-electron chi connectivity index (χ0n) is 12.8. The van der Waals surface area contributed by atoms with E-state index in [1.54, 1.807) is 11.3 Å². The van der Waals surface area contributed by atoms with Gasteiger partial charge < -0.3 is 9.42 Å². The molecule has 0 bridgehead atoms. The minimum atomic E-state index is 0.180. The first-order chi connectivity index (χ1) is 10.8. The van der Waals surface area contributed by atoms with E-state index in [2.05, 4.69) is 17.1 Å². The number of hydrogen-bond donors (Lipinski definition) is 0. The van der Waals surface area contributed by atoms with Crippen LogP contribution >= 0.6 is 11.3 Å². The van der Waals surface area contributed by atoms with E-state index in [4.69, 9.17) is 4.52 Å². The normalized spacial score (nSPS) is 18.6. The highest BCUT2D eigenvalue weighted by atomic mass is 32.1.